The van der Waals surface area contributed by atoms with Crippen molar-refractivity contribution in [3.05, 3.63) is 113 Å². The normalized spacial score (nSPS) is 12.2. The van der Waals surface area contributed by atoms with E-state index in [2.05, 4.69) is 10.3 Å². The summed E-state index contributed by atoms with van der Waals surface area (Å²) >= 11 is 6.18. The molecule has 0 bridgehead atoms. The summed E-state index contributed by atoms with van der Waals surface area (Å²) in [7, 11) is 0. The molecule has 0 amide bonds. The first-order valence-corrected chi connectivity index (χ1v) is 12.0. The topological polar surface area (TPSA) is 74.3 Å². The number of H-pyrrole nitrogens is 1. The summed E-state index contributed by atoms with van der Waals surface area (Å²) in [5, 5.41) is 16.4. The number of para-hydroxylation sites is 1. The number of fused-ring (bicyclic) bond motifs is 2. The van der Waals surface area contributed by atoms with Crippen LogP contribution in [0.5, 0.6) is 5.75 Å². The minimum atomic E-state index is -0.943. The molecule has 0 aliphatic carbocycles. The number of halogens is 2. The van der Waals surface area contributed by atoms with Gasteiger partial charge in [-0.15, -0.1) is 0 Å². The first kappa shape index (κ1) is 23.9. The molecule has 0 unspecified atom stereocenters. The Morgan fingerprint density at radius 1 is 0.972 bits per heavy atom. The molecule has 36 heavy (non-hydrogen) atoms. The lowest BCUT2D eigenvalue weighted by Gasteiger charge is -2.19. The van der Waals surface area contributed by atoms with Gasteiger partial charge in [-0.05, 0) is 40.6 Å². The summed E-state index contributed by atoms with van der Waals surface area (Å²) in [4.78, 5) is 15.4. The Bertz CT molecular complexity index is 1530. The van der Waals surface area contributed by atoms with E-state index in [1.165, 1.54) is 6.07 Å². The maximum Gasteiger partial charge on any atom is 0.321 e. The van der Waals surface area contributed by atoms with E-state index in [0.29, 0.717) is 17.2 Å². The van der Waals surface area contributed by atoms with Crippen LogP contribution in [0.1, 0.15) is 16.7 Å². The number of aliphatic carboxylic acids is 1. The van der Waals surface area contributed by atoms with Crippen molar-refractivity contribution in [3.63, 3.8) is 0 Å². The lowest BCUT2D eigenvalue weighted by atomic mass is 10.0. The Hall–Kier alpha value is -3.87. The summed E-state index contributed by atoms with van der Waals surface area (Å²) in [6.45, 7) is 0.204. The molecule has 0 saturated heterocycles. The van der Waals surface area contributed by atoms with Crippen molar-refractivity contribution in [1.82, 2.24) is 10.3 Å². The zero-order chi connectivity index (χ0) is 25.1. The lowest BCUT2D eigenvalue weighted by Crippen LogP contribution is -2.38. The van der Waals surface area contributed by atoms with Crippen LogP contribution in [0.3, 0.4) is 0 Å². The van der Waals surface area contributed by atoms with Crippen molar-refractivity contribution in [1.29, 1.82) is 0 Å². The first-order chi connectivity index (χ1) is 17.5. The molecule has 1 aromatic heterocycles. The molecule has 0 aliphatic heterocycles. The van der Waals surface area contributed by atoms with E-state index >= 15 is 0 Å². The van der Waals surface area contributed by atoms with Gasteiger partial charge in [0.25, 0.3) is 0 Å². The maximum atomic E-state index is 14.3. The SMILES string of the molecule is O=C(O)[C@H](Cc1c[nH]c2ccccc12)NCc1c(OCc2c(F)cccc2Cl)ccc2ccccc12. The third-order valence-corrected chi connectivity index (χ3v) is 6.71. The van der Waals surface area contributed by atoms with Crippen molar-refractivity contribution in [2.75, 3.05) is 0 Å². The molecule has 0 fully saturated rings. The second-order valence-corrected chi connectivity index (χ2v) is 8.99. The van der Waals surface area contributed by atoms with Crippen LogP contribution in [0.2, 0.25) is 5.02 Å². The number of hydrogen-bond donors (Lipinski definition) is 3. The minimum absolute atomic E-state index is 0.0471. The Labute approximate surface area is 212 Å². The van der Waals surface area contributed by atoms with Gasteiger partial charge in [0.15, 0.2) is 0 Å². The van der Waals surface area contributed by atoms with Gasteiger partial charge in [0, 0.05) is 41.2 Å². The zero-order valence-electron chi connectivity index (χ0n) is 19.3. The number of rotatable bonds is 9. The smallest absolute Gasteiger partial charge is 0.321 e. The van der Waals surface area contributed by atoms with Crippen LogP contribution < -0.4 is 10.1 Å². The predicted octanol–water partition coefficient (Wildman–Crippen LogP) is 6.48. The number of aromatic nitrogens is 1. The molecule has 5 aromatic rings. The van der Waals surface area contributed by atoms with Gasteiger partial charge >= 0.3 is 5.97 Å². The van der Waals surface area contributed by atoms with Crippen molar-refractivity contribution in [2.24, 2.45) is 0 Å². The standard InChI is InChI=1S/C29H24ClFN2O3/c30-24-9-5-10-25(31)23(24)17-36-28-13-12-18-6-1-2-7-20(18)22(28)16-33-27(29(34)35)14-19-15-32-26-11-4-3-8-21(19)26/h1-13,15,27,32-33H,14,16-17H2,(H,34,35)/t27-/m0/s1. The predicted molar refractivity (Wildman–Crippen MR) is 140 cm³/mol. The number of carbonyl (C=O) groups is 1. The fraction of sp³-hybridized carbons (Fsp3) is 0.138. The molecule has 3 N–H and O–H groups in total. The van der Waals surface area contributed by atoms with Crippen molar-refractivity contribution in [2.45, 2.75) is 25.6 Å². The molecule has 182 valence electrons. The lowest BCUT2D eigenvalue weighted by molar-refractivity contribution is -0.139. The molecular weight excluding hydrogens is 479 g/mol. The number of nitrogens with one attached hydrogen (secondary N) is 2. The van der Waals surface area contributed by atoms with Gasteiger partial charge < -0.3 is 14.8 Å². The van der Waals surface area contributed by atoms with E-state index in [0.717, 1.165) is 32.8 Å². The van der Waals surface area contributed by atoms with Gasteiger partial charge in [0.1, 0.15) is 24.2 Å². The average molecular weight is 503 g/mol. The number of aromatic amines is 1. The molecule has 5 nitrogen and oxygen atoms in total. The molecule has 5 rings (SSSR count). The quantitative estimate of drug-likeness (QED) is 0.216. The van der Waals surface area contributed by atoms with Crippen LogP contribution in [-0.2, 0) is 24.4 Å². The summed E-state index contributed by atoms with van der Waals surface area (Å²) in [6.07, 6.45) is 2.16. The minimum Gasteiger partial charge on any atom is -0.488 e. The Morgan fingerprint density at radius 3 is 2.56 bits per heavy atom. The highest BCUT2D eigenvalue weighted by molar-refractivity contribution is 6.31. The van der Waals surface area contributed by atoms with E-state index in [-0.39, 0.29) is 18.7 Å². The number of hydrogen-bond acceptors (Lipinski definition) is 3. The number of benzene rings is 4. The summed E-state index contributed by atoms with van der Waals surface area (Å²) in [6, 6.07) is 23.1. The monoisotopic (exact) mass is 502 g/mol. The molecule has 1 atom stereocenters. The molecule has 7 heteroatoms. The third kappa shape index (κ3) is 4.91. The molecule has 0 spiro atoms. The van der Waals surface area contributed by atoms with E-state index in [9.17, 15) is 14.3 Å². The first-order valence-electron chi connectivity index (χ1n) is 11.6. The van der Waals surface area contributed by atoms with Gasteiger partial charge in [0.05, 0.1) is 5.02 Å². The van der Waals surface area contributed by atoms with Gasteiger partial charge in [-0.2, -0.15) is 0 Å². The average Bonchev–Trinajstić information content (AvgIpc) is 3.29. The zero-order valence-corrected chi connectivity index (χ0v) is 20.1. The van der Waals surface area contributed by atoms with Crippen molar-refractivity contribution < 1.29 is 19.0 Å². The molecular formula is C29H24ClFN2O3. The number of carboxylic acid groups (broad SMARTS) is 1. The second kappa shape index (κ2) is 10.4. The Kier molecular flexibility index (Phi) is 6.89. The maximum absolute atomic E-state index is 14.3. The van der Waals surface area contributed by atoms with Crippen LogP contribution in [0.15, 0.2) is 85.1 Å². The molecule has 4 aromatic carbocycles. The van der Waals surface area contributed by atoms with E-state index < -0.39 is 17.8 Å². The molecule has 0 saturated carbocycles. The Morgan fingerprint density at radius 2 is 1.75 bits per heavy atom. The van der Waals surface area contributed by atoms with E-state index in [1.54, 1.807) is 12.1 Å². The highest BCUT2D eigenvalue weighted by Crippen LogP contribution is 2.30. The van der Waals surface area contributed by atoms with E-state index in [4.69, 9.17) is 16.3 Å². The molecule has 0 aliphatic rings. The second-order valence-electron chi connectivity index (χ2n) is 8.59. The van der Waals surface area contributed by atoms with E-state index in [1.807, 2.05) is 66.9 Å². The van der Waals surface area contributed by atoms with Crippen LogP contribution >= 0.6 is 11.6 Å². The van der Waals surface area contributed by atoms with Gasteiger partial charge in [0.2, 0.25) is 0 Å². The summed E-state index contributed by atoms with van der Waals surface area (Å²) in [5.74, 6) is -0.842. The summed E-state index contributed by atoms with van der Waals surface area (Å²) < 4.78 is 20.3. The third-order valence-electron chi connectivity index (χ3n) is 6.35. The fourth-order valence-corrected chi connectivity index (χ4v) is 4.66. The van der Waals surface area contributed by atoms with Crippen LogP contribution in [0.4, 0.5) is 4.39 Å². The van der Waals surface area contributed by atoms with Crippen LogP contribution in [0, 0.1) is 5.82 Å². The fourth-order valence-electron chi connectivity index (χ4n) is 4.45. The van der Waals surface area contributed by atoms with Gasteiger partial charge in [-0.3, -0.25) is 10.1 Å². The Balaban J connectivity index is 1.41. The largest absolute Gasteiger partial charge is 0.488 e. The van der Waals surface area contributed by atoms with Crippen LogP contribution in [0.25, 0.3) is 21.7 Å². The number of ether oxygens (including phenoxy) is 1. The highest BCUT2D eigenvalue weighted by Gasteiger charge is 2.21. The van der Waals surface area contributed by atoms with Gasteiger partial charge in [-0.25, -0.2) is 4.39 Å². The van der Waals surface area contributed by atoms with Crippen LogP contribution in [-0.4, -0.2) is 22.1 Å². The van der Waals surface area contributed by atoms with Gasteiger partial charge in [-0.1, -0.05) is 66.2 Å². The summed E-state index contributed by atoms with van der Waals surface area (Å²) in [5.41, 5.74) is 2.96. The van der Waals surface area contributed by atoms with Crippen molar-refractivity contribution >= 4 is 39.2 Å². The van der Waals surface area contributed by atoms with Crippen molar-refractivity contribution in [3.8, 4) is 5.75 Å². The molecule has 0 radical (unpaired) electrons. The number of carboxylic acids is 1. The molecule has 1 heterocycles. The highest BCUT2D eigenvalue weighted by atomic mass is 35.5.